The van der Waals surface area contributed by atoms with Crippen LogP contribution >= 0.6 is 0 Å². The zero-order valence-corrected chi connectivity index (χ0v) is 15.5. The van der Waals surface area contributed by atoms with E-state index in [1.54, 1.807) is 6.92 Å². The van der Waals surface area contributed by atoms with Gasteiger partial charge in [0.25, 0.3) is 0 Å². The van der Waals surface area contributed by atoms with Gasteiger partial charge in [0, 0.05) is 11.3 Å². The fourth-order valence-corrected chi connectivity index (χ4v) is 8.00. The average Bonchev–Trinajstić information content (AvgIpc) is 2.89. The number of hydrogen-bond acceptors (Lipinski definition) is 3. The van der Waals surface area contributed by atoms with E-state index >= 15 is 0 Å². The molecule has 136 valence electrons. The summed E-state index contributed by atoms with van der Waals surface area (Å²) in [6.45, 7) is 6.42. The summed E-state index contributed by atoms with van der Waals surface area (Å²) in [5.74, 6) is 2.97. The second-order valence-electron chi connectivity index (χ2n) is 9.89. The minimum atomic E-state index is -0.571. The van der Waals surface area contributed by atoms with Gasteiger partial charge in [-0.3, -0.25) is 4.79 Å². The van der Waals surface area contributed by atoms with Crippen LogP contribution in [0, 0.1) is 40.4 Å². The average molecular weight is 335 g/mol. The van der Waals surface area contributed by atoms with Gasteiger partial charge in [-0.1, -0.05) is 13.8 Å². The lowest BCUT2D eigenvalue weighted by Crippen LogP contribution is -2.60. The number of carbonyl (C=O) groups excluding carboxylic acids is 1. The summed E-state index contributed by atoms with van der Waals surface area (Å²) in [5, 5.41) is 21.2. The zero-order chi connectivity index (χ0) is 17.3. The van der Waals surface area contributed by atoms with Crippen LogP contribution in [-0.2, 0) is 4.79 Å². The molecule has 0 bridgehead atoms. The molecule has 0 aromatic rings. The Kier molecular flexibility index (Phi) is 3.93. The van der Waals surface area contributed by atoms with Crippen molar-refractivity contribution in [2.45, 2.75) is 84.3 Å². The summed E-state index contributed by atoms with van der Waals surface area (Å²) in [5.41, 5.74) is 0.0463. The van der Waals surface area contributed by atoms with Crippen LogP contribution in [0.2, 0.25) is 0 Å². The summed E-state index contributed by atoms with van der Waals surface area (Å²) in [6.07, 6.45) is 7.64. The second-order valence-corrected chi connectivity index (χ2v) is 9.89. The molecule has 3 heteroatoms. The van der Waals surface area contributed by atoms with Crippen LogP contribution in [0.25, 0.3) is 0 Å². The Morgan fingerprint density at radius 2 is 1.62 bits per heavy atom. The number of Topliss-reactive ketones (excluding diaryl/α,β-unsaturated/α-hetero) is 1. The SMILES string of the molecule is CC(=O)[C@H]1CC[C@H]2[C@@H]3CC[C@@H]4CCC(O)C(O)[C@]4(C)[C@H]3CC[C@]12C. The first-order valence-corrected chi connectivity index (χ1v) is 10.2. The highest BCUT2D eigenvalue weighted by Gasteiger charge is 2.63. The third-order valence-corrected chi connectivity index (χ3v) is 9.27. The first-order valence-electron chi connectivity index (χ1n) is 10.2. The summed E-state index contributed by atoms with van der Waals surface area (Å²) < 4.78 is 0. The second kappa shape index (κ2) is 5.54. The van der Waals surface area contributed by atoms with Crippen molar-refractivity contribution in [3.63, 3.8) is 0 Å². The first kappa shape index (κ1) is 17.0. The summed E-state index contributed by atoms with van der Waals surface area (Å²) in [4.78, 5) is 12.2. The molecule has 0 radical (unpaired) electrons. The van der Waals surface area contributed by atoms with Gasteiger partial charge in [0.05, 0.1) is 12.2 Å². The van der Waals surface area contributed by atoms with Gasteiger partial charge in [-0.05, 0) is 87.4 Å². The summed E-state index contributed by atoms with van der Waals surface area (Å²) in [7, 11) is 0. The molecule has 2 N–H and O–H groups in total. The molecule has 0 heterocycles. The van der Waals surface area contributed by atoms with Crippen LogP contribution in [0.5, 0.6) is 0 Å². The highest BCUT2D eigenvalue weighted by atomic mass is 16.3. The number of ketones is 1. The van der Waals surface area contributed by atoms with Crippen LogP contribution in [0.1, 0.15) is 72.1 Å². The molecule has 2 unspecified atom stereocenters. The van der Waals surface area contributed by atoms with Crippen LogP contribution in [0.15, 0.2) is 0 Å². The smallest absolute Gasteiger partial charge is 0.133 e. The molecule has 4 saturated carbocycles. The Labute approximate surface area is 146 Å². The van der Waals surface area contributed by atoms with Gasteiger partial charge in [0.15, 0.2) is 0 Å². The molecule has 9 atom stereocenters. The third-order valence-electron chi connectivity index (χ3n) is 9.27. The van der Waals surface area contributed by atoms with Crippen molar-refractivity contribution in [3.8, 4) is 0 Å². The number of rotatable bonds is 1. The Bertz CT molecular complexity index is 527. The molecule has 0 aliphatic heterocycles. The molecule has 0 spiro atoms. The summed E-state index contributed by atoms with van der Waals surface area (Å²) in [6, 6.07) is 0. The normalized spacial score (nSPS) is 57.0. The molecule has 4 aliphatic rings. The van der Waals surface area contributed by atoms with Gasteiger partial charge < -0.3 is 10.2 Å². The molecule has 4 fully saturated rings. The molecule has 24 heavy (non-hydrogen) atoms. The van der Waals surface area contributed by atoms with Crippen molar-refractivity contribution in [3.05, 3.63) is 0 Å². The van der Waals surface area contributed by atoms with Crippen LogP contribution in [-0.4, -0.2) is 28.2 Å². The van der Waals surface area contributed by atoms with Crippen molar-refractivity contribution in [2.75, 3.05) is 0 Å². The molecule has 4 aliphatic carbocycles. The van der Waals surface area contributed by atoms with E-state index in [2.05, 4.69) is 13.8 Å². The maximum Gasteiger partial charge on any atom is 0.133 e. The fourth-order valence-electron chi connectivity index (χ4n) is 8.00. The molecule has 0 saturated heterocycles. The van der Waals surface area contributed by atoms with E-state index in [1.165, 1.54) is 19.3 Å². The van der Waals surface area contributed by atoms with Crippen molar-refractivity contribution >= 4 is 5.78 Å². The Morgan fingerprint density at radius 1 is 0.917 bits per heavy atom. The maximum absolute atomic E-state index is 12.2. The number of carbonyl (C=O) groups is 1. The van der Waals surface area contributed by atoms with Crippen LogP contribution in [0.3, 0.4) is 0 Å². The van der Waals surface area contributed by atoms with E-state index < -0.39 is 12.2 Å². The highest BCUT2D eigenvalue weighted by Crippen LogP contribution is 2.67. The number of aliphatic hydroxyl groups excluding tert-OH is 2. The van der Waals surface area contributed by atoms with E-state index in [-0.39, 0.29) is 16.7 Å². The zero-order valence-electron chi connectivity index (χ0n) is 15.5. The van der Waals surface area contributed by atoms with E-state index in [4.69, 9.17) is 0 Å². The van der Waals surface area contributed by atoms with E-state index in [0.29, 0.717) is 29.5 Å². The topological polar surface area (TPSA) is 57.5 Å². The van der Waals surface area contributed by atoms with Gasteiger partial charge in [-0.15, -0.1) is 0 Å². The monoisotopic (exact) mass is 334 g/mol. The van der Waals surface area contributed by atoms with Crippen LogP contribution in [0.4, 0.5) is 0 Å². The van der Waals surface area contributed by atoms with E-state index in [0.717, 1.165) is 32.1 Å². The first-order chi connectivity index (χ1) is 11.3. The Balaban J connectivity index is 1.66. The number of fused-ring (bicyclic) bond motifs is 5. The lowest BCUT2D eigenvalue weighted by atomic mass is 9.44. The molecular formula is C21H34O3. The number of aliphatic hydroxyl groups is 2. The lowest BCUT2D eigenvalue weighted by molar-refractivity contribution is -0.195. The van der Waals surface area contributed by atoms with Crippen molar-refractivity contribution in [1.82, 2.24) is 0 Å². The molecular weight excluding hydrogens is 300 g/mol. The Morgan fingerprint density at radius 3 is 2.33 bits per heavy atom. The minimum Gasteiger partial charge on any atom is -0.390 e. The quantitative estimate of drug-likeness (QED) is 0.771. The van der Waals surface area contributed by atoms with Crippen molar-refractivity contribution < 1.29 is 15.0 Å². The standard InChI is InChI=1S/C21H34O3/c1-12(22)15-7-8-16-14-6-4-13-5-9-18(23)19(24)21(13,3)17(14)10-11-20(15,16)2/h13-19,23-24H,4-11H2,1-3H3/t13-,14+,15-,16+,17+,18?,19?,20-,21+/m1/s1. The Hall–Kier alpha value is -0.410. The van der Waals surface area contributed by atoms with Crippen LogP contribution < -0.4 is 0 Å². The molecule has 0 amide bonds. The number of hydrogen-bond donors (Lipinski definition) is 2. The van der Waals surface area contributed by atoms with Gasteiger partial charge in [-0.2, -0.15) is 0 Å². The maximum atomic E-state index is 12.2. The van der Waals surface area contributed by atoms with Gasteiger partial charge in [0.1, 0.15) is 5.78 Å². The molecule has 0 aromatic carbocycles. The molecule has 4 rings (SSSR count). The lowest BCUT2D eigenvalue weighted by Gasteiger charge is -2.62. The minimum absolute atomic E-state index is 0.129. The van der Waals surface area contributed by atoms with Crippen molar-refractivity contribution in [2.24, 2.45) is 40.4 Å². The fraction of sp³-hybridized carbons (Fsp3) is 0.952. The van der Waals surface area contributed by atoms with Gasteiger partial charge >= 0.3 is 0 Å². The highest BCUT2D eigenvalue weighted by molar-refractivity contribution is 5.79. The third kappa shape index (κ3) is 2.06. The van der Waals surface area contributed by atoms with E-state index in [9.17, 15) is 15.0 Å². The van der Waals surface area contributed by atoms with Crippen molar-refractivity contribution in [1.29, 1.82) is 0 Å². The van der Waals surface area contributed by atoms with E-state index in [1.807, 2.05) is 0 Å². The van der Waals surface area contributed by atoms with Gasteiger partial charge in [-0.25, -0.2) is 0 Å². The molecule has 0 aromatic heterocycles. The predicted octanol–water partition coefficient (Wildman–Crippen LogP) is 3.57. The largest absolute Gasteiger partial charge is 0.390 e. The summed E-state index contributed by atoms with van der Waals surface area (Å²) >= 11 is 0. The molecule has 3 nitrogen and oxygen atoms in total. The predicted molar refractivity (Wildman–Crippen MR) is 93.3 cm³/mol. The van der Waals surface area contributed by atoms with Gasteiger partial charge in [0.2, 0.25) is 0 Å².